The number of pyridine rings is 2. The summed E-state index contributed by atoms with van der Waals surface area (Å²) in [5, 5.41) is 13.7. The normalized spacial score (nSPS) is 15.8. The first-order valence-electron chi connectivity index (χ1n) is 13.6. The minimum atomic E-state index is -0.349. The number of anilines is 3. The molecule has 1 aliphatic heterocycles. The minimum absolute atomic E-state index is 0.131. The Balaban J connectivity index is 1.25. The maximum Gasteiger partial charge on any atom is 0.293 e. The van der Waals surface area contributed by atoms with Gasteiger partial charge in [-0.3, -0.25) is 14.5 Å². The monoisotopic (exact) mass is 550 g/mol. The van der Waals surface area contributed by atoms with Crippen LogP contribution in [0.15, 0.2) is 60.0 Å². The average molecular weight is 551 g/mol. The van der Waals surface area contributed by atoms with Gasteiger partial charge in [-0.1, -0.05) is 13.8 Å². The molecule has 11 nitrogen and oxygen atoms in total. The van der Waals surface area contributed by atoms with Crippen molar-refractivity contribution in [2.24, 2.45) is 12.5 Å². The molecule has 1 amide bonds. The molecule has 11 heteroatoms. The van der Waals surface area contributed by atoms with Crippen LogP contribution in [0, 0.1) is 5.41 Å². The zero-order valence-corrected chi connectivity index (χ0v) is 23.1. The van der Waals surface area contributed by atoms with Crippen LogP contribution in [0.4, 0.5) is 17.3 Å². The lowest BCUT2D eigenvalue weighted by atomic mass is 9.90. The molecule has 0 bridgehead atoms. The Bertz CT molecular complexity index is 1910. The highest BCUT2D eigenvalue weighted by atomic mass is 16.3. The predicted molar refractivity (Wildman–Crippen MR) is 154 cm³/mol. The van der Waals surface area contributed by atoms with E-state index in [9.17, 15) is 14.7 Å². The van der Waals surface area contributed by atoms with Gasteiger partial charge in [-0.15, -0.1) is 0 Å². The van der Waals surface area contributed by atoms with Gasteiger partial charge in [0, 0.05) is 67.9 Å². The van der Waals surface area contributed by atoms with Crippen molar-refractivity contribution >= 4 is 28.9 Å². The van der Waals surface area contributed by atoms with E-state index >= 15 is 0 Å². The molecule has 0 unspecified atom stereocenters. The molecule has 0 saturated carbocycles. The van der Waals surface area contributed by atoms with Gasteiger partial charge in [0.05, 0.1) is 18.0 Å². The molecule has 5 aromatic heterocycles. The van der Waals surface area contributed by atoms with Gasteiger partial charge in [0.15, 0.2) is 5.82 Å². The third-order valence-corrected chi connectivity index (χ3v) is 8.07. The van der Waals surface area contributed by atoms with Crippen LogP contribution in [0.25, 0.3) is 16.9 Å². The van der Waals surface area contributed by atoms with Crippen LogP contribution < -0.4 is 15.8 Å². The van der Waals surface area contributed by atoms with E-state index in [0.29, 0.717) is 47.1 Å². The summed E-state index contributed by atoms with van der Waals surface area (Å²) in [5.41, 5.74) is 6.06. The number of carbonyl (C=O) groups excluding carboxylic acids is 1. The second kappa shape index (κ2) is 9.13. The van der Waals surface area contributed by atoms with Gasteiger partial charge < -0.3 is 24.0 Å². The summed E-state index contributed by atoms with van der Waals surface area (Å²) in [6.45, 7) is 5.27. The first-order chi connectivity index (χ1) is 19.7. The van der Waals surface area contributed by atoms with Crippen molar-refractivity contribution in [1.29, 1.82) is 0 Å². The van der Waals surface area contributed by atoms with E-state index in [-0.39, 0.29) is 29.3 Å². The van der Waals surface area contributed by atoms with E-state index in [4.69, 9.17) is 0 Å². The highest BCUT2D eigenvalue weighted by Crippen LogP contribution is 2.40. The van der Waals surface area contributed by atoms with Gasteiger partial charge in [0.1, 0.15) is 17.2 Å². The lowest BCUT2D eigenvalue weighted by Gasteiger charge is -2.30. The number of imidazole rings is 1. The Morgan fingerprint density at radius 2 is 1.90 bits per heavy atom. The van der Waals surface area contributed by atoms with Crippen LogP contribution in [0.5, 0.6) is 0 Å². The Labute approximate surface area is 235 Å². The first kappa shape index (κ1) is 25.2. The number of aliphatic hydroxyl groups excluding tert-OH is 1. The summed E-state index contributed by atoms with van der Waals surface area (Å²) in [7, 11) is 1.65. The Hall–Kier alpha value is -4.77. The molecule has 6 heterocycles. The zero-order valence-electron chi connectivity index (χ0n) is 23.1. The fourth-order valence-electron chi connectivity index (χ4n) is 6.17. The fourth-order valence-corrected chi connectivity index (χ4v) is 6.17. The summed E-state index contributed by atoms with van der Waals surface area (Å²) in [4.78, 5) is 41.8. The smallest absolute Gasteiger partial charge is 0.293 e. The van der Waals surface area contributed by atoms with E-state index in [1.165, 1.54) is 15.8 Å². The van der Waals surface area contributed by atoms with Crippen molar-refractivity contribution in [2.75, 3.05) is 16.8 Å². The third-order valence-electron chi connectivity index (χ3n) is 8.07. The highest BCUT2D eigenvalue weighted by molar-refractivity contribution is 6.06. The molecule has 0 atom stereocenters. The molecule has 0 radical (unpaired) electrons. The second-order valence-electron chi connectivity index (χ2n) is 11.6. The minimum Gasteiger partial charge on any atom is -0.392 e. The molecule has 208 valence electrons. The average Bonchev–Trinajstić information content (AvgIpc) is 3.63. The molecular formula is C30H30N8O3. The zero-order chi connectivity index (χ0) is 28.5. The lowest BCUT2D eigenvalue weighted by Crippen LogP contribution is -2.41. The Morgan fingerprint density at radius 1 is 1.05 bits per heavy atom. The van der Waals surface area contributed by atoms with Crippen molar-refractivity contribution in [2.45, 2.75) is 39.8 Å². The maximum atomic E-state index is 13.7. The molecule has 0 saturated heterocycles. The number of hydrogen-bond acceptors (Lipinski definition) is 7. The SMILES string of the molecule is Cn1cc(-c2ccnc(N3CCn4c(cc5c4CC(C)(C)C5)C3=O)c2CO)nc(Nc2ccc3nccn3c2)c1=O. The van der Waals surface area contributed by atoms with Crippen molar-refractivity contribution in [3.05, 3.63) is 88.1 Å². The van der Waals surface area contributed by atoms with Gasteiger partial charge in [0.25, 0.3) is 11.5 Å². The summed E-state index contributed by atoms with van der Waals surface area (Å²) >= 11 is 0. The number of fused-ring (bicyclic) bond motifs is 4. The molecule has 5 aromatic rings. The Kier molecular flexibility index (Phi) is 5.62. The number of aryl methyl sites for hydroxylation is 1. The molecule has 2 N–H and O–H groups in total. The van der Waals surface area contributed by atoms with Crippen LogP contribution in [-0.2, 0) is 33.0 Å². The standard InChI is InChI=1S/C30H30N8O3/c1-30(2)13-18-12-23-28(40)38(11-10-37(23)24(18)14-30)27-21(17-39)20(6-7-32-27)22-16-35(3)29(41)26(34-22)33-19-4-5-25-31-8-9-36(25)15-19/h4-9,12,15-16,39H,10-11,13-14,17H2,1-3H3,(H,33,34). The summed E-state index contributed by atoms with van der Waals surface area (Å²) in [6, 6.07) is 7.44. The van der Waals surface area contributed by atoms with Crippen molar-refractivity contribution < 1.29 is 9.90 Å². The number of aliphatic hydroxyl groups is 1. The number of rotatable bonds is 5. The van der Waals surface area contributed by atoms with Gasteiger partial charge in [-0.05, 0) is 48.1 Å². The molecule has 0 aromatic carbocycles. The maximum absolute atomic E-state index is 13.7. The van der Waals surface area contributed by atoms with Gasteiger partial charge >= 0.3 is 0 Å². The van der Waals surface area contributed by atoms with Crippen molar-refractivity contribution in [3.63, 3.8) is 0 Å². The summed E-state index contributed by atoms with van der Waals surface area (Å²) in [6.07, 6.45) is 10.5. The van der Waals surface area contributed by atoms with Gasteiger partial charge in [-0.2, -0.15) is 0 Å². The van der Waals surface area contributed by atoms with Gasteiger partial charge in [0.2, 0.25) is 0 Å². The molecule has 7 rings (SSSR count). The number of nitrogens with zero attached hydrogens (tertiary/aromatic N) is 7. The Morgan fingerprint density at radius 3 is 2.73 bits per heavy atom. The largest absolute Gasteiger partial charge is 0.392 e. The molecular weight excluding hydrogens is 520 g/mol. The fraction of sp³-hybridized carbons (Fsp3) is 0.300. The van der Waals surface area contributed by atoms with E-state index in [2.05, 4.69) is 38.7 Å². The van der Waals surface area contributed by atoms with Crippen LogP contribution >= 0.6 is 0 Å². The van der Waals surface area contributed by atoms with E-state index in [0.717, 1.165) is 18.5 Å². The number of amides is 1. The lowest BCUT2D eigenvalue weighted by molar-refractivity contribution is 0.0962. The predicted octanol–water partition coefficient (Wildman–Crippen LogP) is 3.31. The number of nitrogens with one attached hydrogen (secondary N) is 1. The number of hydrogen-bond donors (Lipinski definition) is 2. The molecule has 0 fully saturated rings. The van der Waals surface area contributed by atoms with Crippen molar-refractivity contribution in [1.82, 2.24) is 28.5 Å². The van der Waals surface area contributed by atoms with E-state index in [1.54, 1.807) is 36.6 Å². The third kappa shape index (κ3) is 4.12. The van der Waals surface area contributed by atoms with Crippen molar-refractivity contribution in [3.8, 4) is 11.3 Å². The van der Waals surface area contributed by atoms with Crippen LogP contribution in [0.1, 0.15) is 41.2 Å². The van der Waals surface area contributed by atoms with Crippen LogP contribution in [-0.4, -0.2) is 46.0 Å². The topological polar surface area (TPSA) is 123 Å². The highest BCUT2D eigenvalue weighted by Gasteiger charge is 2.37. The number of aromatic nitrogens is 6. The van der Waals surface area contributed by atoms with E-state index < -0.39 is 0 Å². The first-order valence-corrected chi connectivity index (χ1v) is 13.6. The quantitative estimate of drug-likeness (QED) is 0.344. The molecule has 2 aliphatic rings. The van der Waals surface area contributed by atoms with Crippen LogP contribution in [0.2, 0.25) is 0 Å². The molecule has 0 spiro atoms. The molecule has 1 aliphatic carbocycles. The van der Waals surface area contributed by atoms with E-state index in [1.807, 2.05) is 35.0 Å². The number of carbonyl (C=O) groups is 1. The summed E-state index contributed by atoms with van der Waals surface area (Å²) < 4.78 is 5.44. The van der Waals surface area contributed by atoms with Crippen LogP contribution in [0.3, 0.4) is 0 Å². The molecule has 41 heavy (non-hydrogen) atoms. The van der Waals surface area contributed by atoms with Gasteiger partial charge in [-0.25, -0.2) is 15.0 Å². The summed E-state index contributed by atoms with van der Waals surface area (Å²) in [5.74, 6) is 0.406. The second-order valence-corrected chi connectivity index (χ2v) is 11.6.